The van der Waals surface area contributed by atoms with Crippen LogP contribution in [0.25, 0.3) is 10.8 Å². The van der Waals surface area contributed by atoms with Crippen molar-refractivity contribution in [1.29, 1.82) is 0 Å². The van der Waals surface area contributed by atoms with Crippen molar-refractivity contribution in [3.05, 3.63) is 71.8 Å². The Morgan fingerprint density at radius 1 is 0.963 bits per heavy atom. The lowest BCUT2D eigenvalue weighted by molar-refractivity contribution is -0.137. The molecule has 0 fully saturated rings. The Kier molecular flexibility index (Phi) is 4.56. The van der Waals surface area contributed by atoms with Gasteiger partial charge in [-0.2, -0.15) is 13.2 Å². The molecule has 0 aromatic heterocycles. The van der Waals surface area contributed by atoms with E-state index in [0.717, 1.165) is 0 Å². The van der Waals surface area contributed by atoms with Crippen LogP contribution in [-0.2, 0) is 16.2 Å². The van der Waals surface area contributed by atoms with Gasteiger partial charge in [-0.3, -0.25) is 4.72 Å². The Bertz CT molecular complexity index is 1140. The summed E-state index contributed by atoms with van der Waals surface area (Å²) in [5, 5.41) is 10.2. The summed E-state index contributed by atoms with van der Waals surface area (Å²) in [5.74, 6) is -1.56. The van der Waals surface area contributed by atoms with Gasteiger partial charge < -0.3 is 5.11 Å². The average Bonchev–Trinajstić information content (AvgIpc) is 2.59. The zero-order chi connectivity index (χ0) is 19.8. The molecule has 0 heterocycles. The lowest BCUT2D eigenvalue weighted by atomic mass is 10.1. The van der Waals surface area contributed by atoms with Crippen molar-refractivity contribution >= 4 is 32.5 Å². The highest BCUT2D eigenvalue weighted by atomic mass is 32.2. The minimum Gasteiger partial charge on any atom is -0.478 e. The van der Waals surface area contributed by atoms with Crippen molar-refractivity contribution in [3.63, 3.8) is 0 Å². The van der Waals surface area contributed by atoms with Gasteiger partial charge >= 0.3 is 12.1 Å². The zero-order valence-electron chi connectivity index (χ0n) is 13.5. The number of rotatable bonds is 4. The molecule has 0 bridgehead atoms. The molecule has 3 aromatic rings. The number of fused-ring (bicyclic) bond motifs is 1. The number of alkyl halides is 3. The highest BCUT2D eigenvalue weighted by Crippen LogP contribution is 2.33. The van der Waals surface area contributed by atoms with Crippen molar-refractivity contribution in [1.82, 2.24) is 0 Å². The molecule has 0 amide bonds. The number of carboxylic acids is 1. The molecule has 0 atom stereocenters. The van der Waals surface area contributed by atoms with Crippen LogP contribution < -0.4 is 4.72 Å². The molecule has 3 rings (SSSR count). The largest absolute Gasteiger partial charge is 0.478 e. The number of aromatic carboxylic acids is 1. The number of hydrogen-bond acceptors (Lipinski definition) is 3. The minimum absolute atomic E-state index is 0.172. The lowest BCUT2D eigenvalue weighted by Crippen LogP contribution is -2.17. The second-order valence-electron chi connectivity index (χ2n) is 5.65. The molecular weight excluding hydrogens is 383 g/mol. The van der Waals surface area contributed by atoms with Gasteiger partial charge in [0.05, 0.1) is 21.7 Å². The van der Waals surface area contributed by atoms with Crippen molar-refractivity contribution < 1.29 is 31.5 Å². The fraction of sp³-hybridized carbons (Fsp3) is 0.0556. The van der Waals surface area contributed by atoms with Crippen LogP contribution in [0.15, 0.2) is 65.6 Å². The van der Waals surface area contributed by atoms with Gasteiger partial charge in [-0.15, -0.1) is 0 Å². The lowest BCUT2D eigenvalue weighted by Gasteiger charge is -2.15. The molecule has 3 aromatic carbocycles. The standard InChI is InChI=1S/C18H12F3NO4S/c19-18(20,21)12-8-9-14(17(23)24)15(10-12)22-27(25,26)16-7-3-5-11-4-1-2-6-13(11)16/h1-10,22H,(H,23,24). The predicted octanol–water partition coefficient (Wildman–Crippen LogP) is 4.36. The van der Waals surface area contributed by atoms with E-state index in [1.54, 1.807) is 30.3 Å². The Hall–Kier alpha value is -3.07. The molecule has 9 heteroatoms. The monoisotopic (exact) mass is 395 g/mol. The van der Waals surface area contributed by atoms with Gasteiger partial charge in [-0.1, -0.05) is 36.4 Å². The number of hydrogen-bond donors (Lipinski definition) is 2. The first-order chi connectivity index (χ1) is 12.6. The van der Waals surface area contributed by atoms with E-state index < -0.39 is 39.0 Å². The van der Waals surface area contributed by atoms with Gasteiger partial charge in [0.2, 0.25) is 0 Å². The van der Waals surface area contributed by atoms with Crippen LogP contribution in [0.3, 0.4) is 0 Å². The van der Waals surface area contributed by atoms with Gasteiger partial charge in [0.25, 0.3) is 10.0 Å². The highest BCUT2D eigenvalue weighted by molar-refractivity contribution is 7.93. The van der Waals surface area contributed by atoms with E-state index in [-0.39, 0.29) is 4.90 Å². The molecule has 2 N–H and O–H groups in total. The summed E-state index contributed by atoms with van der Waals surface area (Å²) in [4.78, 5) is 11.1. The van der Waals surface area contributed by atoms with Crippen LogP contribution in [0.1, 0.15) is 15.9 Å². The van der Waals surface area contributed by atoms with Crippen LogP contribution >= 0.6 is 0 Å². The van der Waals surface area contributed by atoms with E-state index in [1.165, 1.54) is 12.1 Å². The maximum absolute atomic E-state index is 12.9. The van der Waals surface area contributed by atoms with Crippen molar-refractivity contribution in [2.45, 2.75) is 11.1 Å². The first-order valence-corrected chi connectivity index (χ1v) is 9.03. The van der Waals surface area contributed by atoms with Crippen molar-refractivity contribution in [3.8, 4) is 0 Å². The maximum atomic E-state index is 12.9. The third kappa shape index (κ3) is 3.72. The molecule has 0 spiro atoms. The third-order valence-electron chi connectivity index (χ3n) is 3.86. The molecule has 0 unspecified atom stereocenters. The second kappa shape index (κ2) is 6.58. The molecule has 140 valence electrons. The van der Waals surface area contributed by atoms with Gasteiger partial charge in [0, 0.05) is 5.39 Å². The van der Waals surface area contributed by atoms with Crippen LogP contribution in [0.4, 0.5) is 18.9 Å². The number of nitrogens with one attached hydrogen (secondary N) is 1. The molecule has 0 aliphatic rings. The Morgan fingerprint density at radius 3 is 2.30 bits per heavy atom. The number of benzene rings is 3. The summed E-state index contributed by atoms with van der Waals surface area (Å²) in [6.45, 7) is 0. The molecule has 27 heavy (non-hydrogen) atoms. The summed E-state index contributed by atoms with van der Waals surface area (Å²) >= 11 is 0. The van der Waals surface area contributed by atoms with E-state index >= 15 is 0 Å². The van der Waals surface area contributed by atoms with Gasteiger partial charge in [0.1, 0.15) is 0 Å². The summed E-state index contributed by atoms with van der Waals surface area (Å²) in [7, 11) is -4.34. The predicted molar refractivity (Wildman–Crippen MR) is 93.2 cm³/mol. The van der Waals surface area contributed by atoms with E-state index in [0.29, 0.717) is 29.0 Å². The van der Waals surface area contributed by atoms with E-state index in [2.05, 4.69) is 0 Å². The molecule has 5 nitrogen and oxygen atoms in total. The molecule has 0 radical (unpaired) electrons. The van der Waals surface area contributed by atoms with Crippen molar-refractivity contribution in [2.75, 3.05) is 4.72 Å². The Morgan fingerprint density at radius 2 is 1.63 bits per heavy atom. The summed E-state index contributed by atoms with van der Waals surface area (Å²) < 4.78 is 66.3. The second-order valence-corrected chi connectivity index (χ2v) is 7.30. The SMILES string of the molecule is O=C(O)c1ccc(C(F)(F)F)cc1NS(=O)(=O)c1cccc2ccccc12. The molecular formula is C18H12F3NO4S. The Labute approximate surface area is 152 Å². The number of carbonyl (C=O) groups is 1. The zero-order valence-corrected chi connectivity index (χ0v) is 14.3. The average molecular weight is 395 g/mol. The normalized spacial score (nSPS) is 12.1. The smallest absolute Gasteiger partial charge is 0.416 e. The maximum Gasteiger partial charge on any atom is 0.416 e. The number of carboxylic acid groups (broad SMARTS) is 1. The molecule has 0 saturated heterocycles. The fourth-order valence-electron chi connectivity index (χ4n) is 2.62. The van der Waals surface area contributed by atoms with Crippen LogP contribution in [0.2, 0.25) is 0 Å². The third-order valence-corrected chi connectivity index (χ3v) is 5.28. The van der Waals surface area contributed by atoms with Crippen molar-refractivity contribution in [2.24, 2.45) is 0 Å². The summed E-state index contributed by atoms with van der Waals surface area (Å²) in [6.07, 6.45) is -4.75. The quantitative estimate of drug-likeness (QED) is 0.688. The molecule has 0 saturated carbocycles. The summed E-state index contributed by atoms with van der Waals surface area (Å²) in [6, 6.07) is 12.8. The van der Waals surface area contributed by atoms with E-state index in [9.17, 15) is 31.5 Å². The number of sulfonamides is 1. The van der Waals surface area contributed by atoms with Crippen LogP contribution in [0, 0.1) is 0 Å². The van der Waals surface area contributed by atoms with Gasteiger partial charge in [-0.25, -0.2) is 13.2 Å². The van der Waals surface area contributed by atoms with E-state index in [4.69, 9.17) is 0 Å². The van der Waals surface area contributed by atoms with E-state index in [1.807, 2.05) is 4.72 Å². The summed E-state index contributed by atoms with van der Waals surface area (Å²) in [5.41, 5.74) is -2.42. The fourth-order valence-corrected chi connectivity index (χ4v) is 3.92. The minimum atomic E-state index is -4.75. The van der Waals surface area contributed by atoms with Crippen LogP contribution in [-0.4, -0.2) is 19.5 Å². The highest BCUT2D eigenvalue weighted by Gasteiger charge is 2.32. The first kappa shape index (κ1) is 18.7. The number of anilines is 1. The van der Waals surface area contributed by atoms with Gasteiger partial charge in [0.15, 0.2) is 0 Å². The Balaban J connectivity index is 2.14. The molecule has 0 aliphatic heterocycles. The molecule has 0 aliphatic carbocycles. The first-order valence-electron chi connectivity index (χ1n) is 7.55. The van der Waals surface area contributed by atoms with Crippen LogP contribution in [0.5, 0.6) is 0 Å². The number of halogens is 3. The topological polar surface area (TPSA) is 83.5 Å². The van der Waals surface area contributed by atoms with Gasteiger partial charge in [-0.05, 0) is 29.7 Å².